The zero-order chi connectivity index (χ0) is 26.6. The summed E-state index contributed by atoms with van der Waals surface area (Å²) in [5.74, 6) is -0.310. The number of hydrogen-bond donors (Lipinski definition) is 2. The van der Waals surface area contributed by atoms with Crippen LogP contribution in [0.2, 0.25) is 0 Å². The standard InChI is InChI=1S/C26H27N9O3/c1-3-5-9-21-16-34(24-22(25(36)37)14-28-35(24)4-2)26(38)33(21)15-20-13-18(10-11-27-20)17-7-6-8-19(12-17)23-29-31-32-30-23/h6-8,10-14,16H,3-5,9,15H2,1-2H3,(H,36,37)(H,29,30,31,32). The first-order chi connectivity index (χ1) is 18.5. The van der Waals surface area contributed by atoms with Crippen LogP contribution in [0.5, 0.6) is 0 Å². The summed E-state index contributed by atoms with van der Waals surface area (Å²) < 4.78 is 4.58. The average molecular weight is 514 g/mol. The third-order valence-corrected chi connectivity index (χ3v) is 6.37. The van der Waals surface area contributed by atoms with Crippen LogP contribution < -0.4 is 5.69 Å². The summed E-state index contributed by atoms with van der Waals surface area (Å²) in [5.41, 5.74) is 3.90. The Balaban J connectivity index is 1.54. The Morgan fingerprint density at radius 1 is 1.11 bits per heavy atom. The lowest BCUT2D eigenvalue weighted by Gasteiger charge is -2.09. The Bertz CT molecular complexity index is 1630. The molecule has 0 unspecified atom stereocenters. The van der Waals surface area contributed by atoms with Crippen LogP contribution in [-0.4, -0.2) is 55.6 Å². The molecule has 0 fully saturated rings. The molecule has 4 heterocycles. The number of benzene rings is 1. The predicted octanol–water partition coefficient (Wildman–Crippen LogP) is 3.19. The number of aromatic amines is 1. The Hall–Kier alpha value is -4.87. The third kappa shape index (κ3) is 4.75. The number of aromatic nitrogens is 9. The van der Waals surface area contributed by atoms with Crippen molar-refractivity contribution in [3.8, 4) is 28.3 Å². The molecule has 0 bridgehead atoms. The summed E-state index contributed by atoms with van der Waals surface area (Å²) in [6.07, 6.45) is 7.25. The Kier molecular flexibility index (Phi) is 6.94. The molecule has 194 valence electrons. The first-order valence-corrected chi connectivity index (χ1v) is 12.4. The molecule has 0 aliphatic heterocycles. The smallest absolute Gasteiger partial charge is 0.341 e. The van der Waals surface area contributed by atoms with Crippen molar-refractivity contribution in [3.63, 3.8) is 0 Å². The summed E-state index contributed by atoms with van der Waals surface area (Å²) in [6.45, 7) is 4.61. The molecule has 38 heavy (non-hydrogen) atoms. The van der Waals surface area contributed by atoms with Crippen LogP contribution in [0.15, 0.2) is 59.8 Å². The van der Waals surface area contributed by atoms with Crippen LogP contribution in [0.4, 0.5) is 0 Å². The molecule has 0 amide bonds. The van der Waals surface area contributed by atoms with Crippen molar-refractivity contribution < 1.29 is 9.90 Å². The first-order valence-electron chi connectivity index (χ1n) is 12.4. The number of imidazole rings is 1. The molecule has 0 spiro atoms. The van der Waals surface area contributed by atoms with Crippen LogP contribution >= 0.6 is 0 Å². The van der Waals surface area contributed by atoms with Gasteiger partial charge in [-0.25, -0.2) is 19.4 Å². The summed E-state index contributed by atoms with van der Waals surface area (Å²) in [6, 6.07) is 11.7. The van der Waals surface area contributed by atoms with E-state index in [2.05, 4.69) is 37.6 Å². The van der Waals surface area contributed by atoms with Gasteiger partial charge in [0.15, 0.2) is 11.6 Å². The fraction of sp³-hybridized carbons (Fsp3) is 0.269. The van der Waals surface area contributed by atoms with Crippen LogP contribution in [0.25, 0.3) is 28.3 Å². The molecule has 5 rings (SSSR count). The molecule has 5 aromatic rings. The van der Waals surface area contributed by atoms with E-state index in [0.717, 1.165) is 35.2 Å². The number of carboxylic acid groups (broad SMARTS) is 1. The van der Waals surface area contributed by atoms with Crippen LogP contribution in [0.1, 0.15) is 48.4 Å². The van der Waals surface area contributed by atoms with Gasteiger partial charge >= 0.3 is 11.7 Å². The van der Waals surface area contributed by atoms with E-state index < -0.39 is 5.97 Å². The van der Waals surface area contributed by atoms with Gasteiger partial charge in [-0.1, -0.05) is 31.5 Å². The Morgan fingerprint density at radius 3 is 2.66 bits per heavy atom. The molecule has 0 saturated heterocycles. The minimum Gasteiger partial charge on any atom is -0.477 e. The fourth-order valence-electron chi connectivity index (χ4n) is 4.45. The van der Waals surface area contributed by atoms with Crippen LogP contribution in [0.3, 0.4) is 0 Å². The quantitative estimate of drug-likeness (QED) is 0.289. The monoisotopic (exact) mass is 513 g/mol. The van der Waals surface area contributed by atoms with Gasteiger partial charge in [0.2, 0.25) is 0 Å². The highest BCUT2D eigenvalue weighted by atomic mass is 16.4. The lowest BCUT2D eigenvalue weighted by Crippen LogP contribution is -2.27. The second-order valence-electron chi connectivity index (χ2n) is 8.83. The minimum absolute atomic E-state index is 0.0184. The minimum atomic E-state index is -1.13. The molecule has 12 heteroatoms. The van der Waals surface area contributed by atoms with Gasteiger partial charge in [-0.2, -0.15) is 5.10 Å². The fourth-order valence-corrected chi connectivity index (χ4v) is 4.45. The lowest BCUT2D eigenvalue weighted by molar-refractivity contribution is 0.0696. The molecule has 4 aromatic heterocycles. The molecule has 0 aliphatic carbocycles. The number of pyridine rings is 1. The molecule has 0 atom stereocenters. The number of rotatable bonds is 10. The van der Waals surface area contributed by atoms with Crippen molar-refractivity contribution >= 4 is 5.97 Å². The number of tetrazole rings is 1. The van der Waals surface area contributed by atoms with Gasteiger partial charge in [-0.3, -0.25) is 14.1 Å². The number of nitrogens with one attached hydrogen (secondary N) is 1. The maximum absolute atomic E-state index is 13.7. The van der Waals surface area contributed by atoms with Gasteiger partial charge in [0.25, 0.3) is 0 Å². The van der Waals surface area contributed by atoms with Crippen molar-refractivity contribution in [2.24, 2.45) is 0 Å². The average Bonchev–Trinajstić information content (AvgIpc) is 3.68. The zero-order valence-corrected chi connectivity index (χ0v) is 21.1. The predicted molar refractivity (Wildman–Crippen MR) is 139 cm³/mol. The number of nitrogens with zero attached hydrogens (tertiary/aromatic N) is 8. The molecule has 2 N–H and O–H groups in total. The molecule has 0 aliphatic rings. The van der Waals surface area contributed by atoms with E-state index in [-0.39, 0.29) is 23.6 Å². The van der Waals surface area contributed by atoms with Crippen LogP contribution in [0, 0.1) is 0 Å². The zero-order valence-electron chi connectivity index (χ0n) is 21.1. The number of aromatic carboxylic acids is 1. The van der Waals surface area contributed by atoms with E-state index in [1.165, 1.54) is 15.4 Å². The molecular weight excluding hydrogens is 486 g/mol. The SMILES string of the molecule is CCCCc1cn(-c2c(C(=O)O)cnn2CC)c(=O)n1Cc1cc(-c2cccc(-c3nnn[nH]3)c2)ccn1. The molecule has 0 radical (unpaired) electrons. The molecule has 0 saturated carbocycles. The normalized spacial score (nSPS) is 11.2. The Labute approximate surface area is 217 Å². The summed E-state index contributed by atoms with van der Waals surface area (Å²) >= 11 is 0. The third-order valence-electron chi connectivity index (χ3n) is 6.37. The van der Waals surface area contributed by atoms with Gasteiger partial charge in [0, 0.05) is 30.2 Å². The summed E-state index contributed by atoms with van der Waals surface area (Å²) in [4.78, 5) is 30.1. The second kappa shape index (κ2) is 10.6. The second-order valence-corrected chi connectivity index (χ2v) is 8.83. The van der Waals surface area contributed by atoms with Gasteiger partial charge in [-0.05, 0) is 59.5 Å². The van der Waals surface area contributed by atoms with Crippen molar-refractivity contribution in [1.82, 2.24) is 44.5 Å². The topological polar surface area (TPSA) is 149 Å². The number of carbonyl (C=O) groups is 1. The van der Waals surface area contributed by atoms with E-state index in [4.69, 9.17) is 0 Å². The summed E-state index contributed by atoms with van der Waals surface area (Å²) in [7, 11) is 0. The highest BCUT2D eigenvalue weighted by Gasteiger charge is 2.22. The Morgan fingerprint density at radius 2 is 1.92 bits per heavy atom. The number of hydrogen-bond acceptors (Lipinski definition) is 7. The van der Waals surface area contributed by atoms with Crippen molar-refractivity contribution in [3.05, 3.63) is 82.4 Å². The summed E-state index contributed by atoms with van der Waals surface area (Å²) in [5, 5.41) is 27.9. The largest absolute Gasteiger partial charge is 0.477 e. The lowest BCUT2D eigenvalue weighted by atomic mass is 10.0. The van der Waals surface area contributed by atoms with Gasteiger partial charge in [0.1, 0.15) is 5.56 Å². The van der Waals surface area contributed by atoms with Crippen molar-refractivity contribution in [2.45, 2.75) is 46.2 Å². The van der Waals surface area contributed by atoms with Gasteiger partial charge < -0.3 is 5.11 Å². The van der Waals surface area contributed by atoms with E-state index in [9.17, 15) is 14.7 Å². The van der Waals surface area contributed by atoms with E-state index in [0.29, 0.717) is 24.5 Å². The molecule has 12 nitrogen and oxygen atoms in total. The van der Waals surface area contributed by atoms with Gasteiger partial charge in [-0.15, -0.1) is 5.10 Å². The number of unbranched alkanes of at least 4 members (excludes halogenated alkanes) is 1. The first kappa shape index (κ1) is 24.8. The van der Waals surface area contributed by atoms with E-state index in [1.807, 2.05) is 43.3 Å². The maximum Gasteiger partial charge on any atom is 0.341 e. The van der Waals surface area contributed by atoms with E-state index in [1.54, 1.807) is 17.0 Å². The maximum atomic E-state index is 13.7. The molecular formula is C26H27N9O3. The number of carboxylic acids is 1. The van der Waals surface area contributed by atoms with Gasteiger partial charge in [0.05, 0.1) is 18.4 Å². The van der Waals surface area contributed by atoms with E-state index >= 15 is 0 Å². The number of H-pyrrole nitrogens is 1. The van der Waals surface area contributed by atoms with Crippen molar-refractivity contribution in [1.29, 1.82) is 0 Å². The number of aryl methyl sites for hydroxylation is 2. The highest BCUT2D eigenvalue weighted by Crippen LogP contribution is 2.25. The molecule has 1 aromatic carbocycles. The van der Waals surface area contributed by atoms with Crippen LogP contribution in [-0.2, 0) is 19.5 Å². The van der Waals surface area contributed by atoms with Crippen molar-refractivity contribution in [2.75, 3.05) is 0 Å². The highest BCUT2D eigenvalue weighted by molar-refractivity contribution is 5.91.